The van der Waals surface area contributed by atoms with Crippen LogP contribution in [0.5, 0.6) is 5.75 Å². The first-order chi connectivity index (χ1) is 9.22. The van der Waals surface area contributed by atoms with Crippen molar-refractivity contribution in [1.82, 2.24) is 0 Å². The molecule has 1 heterocycles. The molecule has 0 atom stereocenters. The molecule has 0 aliphatic heterocycles. The van der Waals surface area contributed by atoms with Gasteiger partial charge in [0.2, 0.25) is 0 Å². The Kier molecular flexibility index (Phi) is 4.80. The standard InChI is InChI=1S/C14H11ClFNOS/c15-11-4-1-5-12(16)14(11)18-9-13-10(3-2-7-17)6-8-19-13/h1,4-6,8H,7,9,17H2. The molecular formula is C14H11ClFNOS. The van der Waals surface area contributed by atoms with Gasteiger partial charge in [-0.05, 0) is 23.6 Å². The van der Waals surface area contributed by atoms with E-state index in [0.717, 1.165) is 10.4 Å². The van der Waals surface area contributed by atoms with Gasteiger partial charge in [0.1, 0.15) is 6.61 Å². The first kappa shape index (κ1) is 13.9. The normalized spacial score (nSPS) is 9.84. The topological polar surface area (TPSA) is 35.2 Å². The highest BCUT2D eigenvalue weighted by atomic mass is 35.5. The molecule has 0 fully saturated rings. The van der Waals surface area contributed by atoms with Crippen LogP contribution in [0.1, 0.15) is 10.4 Å². The number of ether oxygens (including phenoxy) is 1. The van der Waals surface area contributed by atoms with Crippen LogP contribution in [0.25, 0.3) is 0 Å². The molecule has 2 rings (SSSR count). The highest BCUT2D eigenvalue weighted by molar-refractivity contribution is 7.10. The second-order valence-electron chi connectivity index (χ2n) is 3.60. The smallest absolute Gasteiger partial charge is 0.174 e. The van der Waals surface area contributed by atoms with Crippen molar-refractivity contribution in [3.63, 3.8) is 0 Å². The Morgan fingerprint density at radius 3 is 2.95 bits per heavy atom. The van der Waals surface area contributed by atoms with Crippen LogP contribution < -0.4 is 10.5 Å². The summed E-state index contributed by atoms with van der Waals surface area (Å²) in [5.41, 5.74) is 6.18. The maximum absolute atomic E-state index is 13.5. The Balaban J connectivity index is 2.13. The fourth-order valence-electron chi connectivity index (χ4n) is 1.47. The van der Waals surface area contributed by atoms with Crippen molar-refractivity contribution in [2.75, 3.05) is 6.54 Å². The van der Waals surface area contributed by atoms with E-state index in [1.807, 2.05) is 11.4 Å². The molecule has 0 saturated carbocycles. The molecule has 2 aromatic rings. The summed E-state index contributed by atoms with van der Waals surface area (Å²) in [5.74, 6) is 5.32. The zero-order valence-corrected chi connectivity index (χ0v) is 11.5. The van der Waals surface area contributed by atoms with Crippen molar-refractivity contribution in [2.24, 2.45) is 5.73 Å². The van der Waals surface area contributed by atoms with Crippen LogP contribution >= 0.6 is 22.9 Å². The summed E-state index contributed by atoms with van der Waals surface area (Å²) in [5, 5.41) is 2.16. The minimum atomic E-state index is -0.473. The first-order valence-corrected chi connectivity index (χ1v) is 6.80. The average Bonchev–Trinajstić information content (AvgIpc) is 2.83. The summed E-state index contributed by atoms with van der Waals surface area (Å²) < 4.78 is 19.0. The van der Waals surface area contributed by atoms with E-state index >= 15 is 0 Å². The summed E-state index contributed by atoms with van der Waals surface area (Å²) in [6.07, 6.45) is 0. The van der Waals surface area contributed by atoms with E-state index in [9.17, 15) is 4.39 Å². The molecule has 0 aliphatic rings. The van der Waals surface area contributed by atoms with E-state index in [1.54, 1.807) is 6.07 Å². The lowest BCUT2D eigenvalue weighted by atomic mass is 10.2. The molecule has 5 heteroatoms. The predicted octanol–water partition coefficient (Wildman–Crippen LogP) is 3.43. The van der Waals surface area contributed by atoms with Crippen LogP contribution in [-0.4, -0.2) is 6.54 Å². The molecule has 98 valence electrons. The SMILES string of the molecule is NCC#Cc1ccsc1COc1c(F)cccc1Cl. The number of thiophene rings is 1. The monoisotopic (exact) mass is 295 g/mol. The molecular weight excluding hydrogens is 285 g/mol. The van der Waals surface area contributed by atoms with E-state index < -0.39 is 5.82 Å². The molecule has 19 heavy (non-hydrogen) atoms. The third-order valence-corrected chi connectivity index (χ3v) is 3.53. The van der Waals surface area contributed by atoms with Crippen LogP contribution in [0.3, 0.4) is 0 Å². The number of nitrogens with two attached hydrogens (primary N) is 1. The van der Waals surface area contributed by atoms with Crippen molar-refractivity contribution in [2.45, 2.75) is 6.61 Å². The van der Waals surface area contributed by atoms with Gasteiger partial charge < -0.3 is 10.5 Å². The number of hydrogen-bond donors (Lipinski definition) is 1. The molecule has 1 aromatic carbocycles. The zero-order chi connectivity index (χ0) is 13.7. The average molecular weight is 296 g/mol. The summed E-state index contributed by atoms with van der Waals surface area (Å²) in [6, 6.07) is 6.32. The summed E-state index contributed by atoms with van der Waals surface area (Å²) in [7, 11) is 0. The third-order valence-electron chi connectivity index (χ3n) is 2.34. The lowest BCUT2D eigenvalue weighted by Gasteiger charge is -2.08. The van der Waals surface area contributed by atoms with Crippen molar-refractivity contribution in [3.8, 4) is 17.6 Å². The van der Waals surface area contributed by atoms with Crippen molar-refractivity contribution in [3.05, 3.63) is 50.9 Å². The molecule has 0 saturated heterocycles. The van der Waals surface area contributed by atoms with Crippen LogP contribution in [0.15, 0.2) is 29.6 Å². The zero-order valence-electron chi connectivity index (χ0n) is 9.95. The minimum absolute atomic E-state index is 0.0651. The Morgan fingerprint density at radius 1 is 1.37 bits per heavy atom. The van der Waals surface area contributed by atoms with Gasteiger partial charge in [-0.1, -0.05) is 29.5 Å². The van der Waals surface area contributed by atoms with Crippen molar-refractivity contribution in [1.29, 1.82) is 0 Å². The molecule has 1 aromatic heterocycles. The number of para-hydroxylation sites is 1. The predicted molar refractivity (Wildman–Crippen MR) is 76.0 cm³/mol. The van der Waals surface area contributed by atoms with Crippen molar-refractivity contribution >= 4 is 22.9 Å². The molecule has 2 nitrogen and oxygen atoms in total. The lowest BCUT2D eigenvalue weighted by molar-refractivity contribution is 0.293. The summed E-state index contributed by atoms with van der Waals surface area (Å²) in [4.78, 5) is 0.917. The number of hydrogen-bond acceptors (Lipinski definition) is 3. The van der Waals surface area contributed by atoms with Gasteiger partial charge in [-0.3, -0.25) is 0 Å². The highest BCUT2D eigenvalue weighted by Crippen LogP contribution is 2.29. The van der Waals surface area contributed by atoms with Gasteiger partial charge in [-0.25, -0.2) is 4.39 Å². The molecule has 0 spiro atoms. The van der Waals surface area contributed by atoms with Gasteiger partial charge in [0.05, 0.1) is 16.4 Å². The molecule has 0 aliphatic carbocycles. The maximum atomic E-state index is 13.5. The van der Waals surface area contributed by atoms with Crippen LogP contribution in [-0.2, 0) is 6.61 Å². The molecule has 2 N–H and O–H groups in total. The van der Waals surface area contributed by atoms with Crippen LogP contribution in [0.4, 0.5) is 4.39 Å². The molecule has 0 unspecified atom stereocenters. The van der Waals surface area contributed by atoms with E-state index in [1.165, 1.54) is 23.5 Å². The number of halogens is 2. The van der Waals surface area contributed by atoms with Gasteiger partial charge in [0.15, 0.2) is 11.6 Å². The van der Waals surface area contributed by atoms with Crippen molar-refractivity contribution < 1.29 is 9.13 Å². The molecule has 0 radical (unpaired) electrons. The molecule has 0 amide bonds. The van der Waals surface area contributed by atoms with E-state index in [0.29, 0.717) is 6.54 Å². The Labute approximate surface area is 120 Å². The maximum Gasteiger partial charge on any atom is 0.174 e. The molecule has 0 bridgehead atoms. The number of rotatable bonds is 3. The second-order valence-corrected chi connectivity index (χ2v) is 5.01. The van der Waals surface area contributed by atoms with Gasteiger partial charge in [0.25, 0.3) is 0 Å². The van der Waals surface area contributed by atoms with Gasteiger partial charge in [0, 0.05) is 5.56 Å². The third kappa shape index (κ3) is 3.48. The van der Waals surface area contributed by atoms with Crippen LogP contribution in [0, 0.1) is 17.7 Å². The lowest BCUT2D eigenvalue weighted by Crippen LogP contribution is -1.98. The minimum Gasteiger partial charge on any atom is -0.483 e. The number of benzene rings is 1. The fraction of sp³-hybridized carbons (Fsp3) is 0.143. The summed E-state index contributed by atoms with van der Waals surface area (Å²) >= 11 is 7.38. The fourth-order valence-corrected chi connectivity index (χ4v) is 2.43. The van der Waals surface area contributed by atoms with Gasteiger partial charge in [-0.15, -0.1) is 11.3 Å². The Bertz CT molecular complexity index is 610. The quantitative estimate of drug-likeness (QED) is 0.881. The Morgan fingerprint density at radius 2 is 2.21 bits per heavy atom. The first-order valence-electron chi connectivity index (χ1n) is 5.54. The van der Waals surface area contributed by atoms with Gasteiger partial charge in [-0.2, -0.15) is 0 Å². The van der Waals surface area contributed by atoms with Gasteiger partial charge >= 0.3 is 0 Å². The summed E-state index contributed by atoms with van der Waals surface area (Å²) in [6.45, 7) is 0.530. The highest BCUT2D eigenvalue weighted by Gasteiger charge is 2.10. The van der Waals surface area contributed by atoms with E-state index in [-0.39, 0.29) is 17.4 Å². The largest absolute Gasteiger partial charge is 0.483 e. The second kappa shape index (κ2) is 6.58. The Hall–Kier alpha value is -1.54. The van der Waals surface area contributed by atoms with E-state index in [4.69, 9.17) is 22.1 Å². The van der Waals surface area contributed by atoms with Crippen LogP contribution in [0.2, 0.25) is 5.02 Å². The van der Waals surface area contributed by atoms with E-state index in [2.05, 4.69) is 11.8 Å².